The number of hydrogen-bond donors (Lipinski definition) is 2. The minimum absolute atomic E-state index is 0.0959. The van der Waals surface area contributed by atoms with Crippen molar-refractivity contribution in [1.29, 1.82) is 0 Å². The summed E-state index contributed by atoms with van der Waals surface area (Å²) in [6, 6.07) is 13.0. The second kappa shape index (κ2) is 8.44. The van der Waals surface area contributed by atoms with Gasteiger partial charge in [0.05, 0.1) is 6.04 Å². The van der Waals surface area contributed by atoms with E-state index in [0.717, 1.165) is 5.56 Å². The first-order valence-corrected chi connectivity index (χ1v) is 9.91. The molecular weight excluding hydrogens is 386 g/mol. The number of rotatable bonds is 6. The van der Waals surface area contributed by atoms with Crippen LogP contribution in [0.5, 0.6) is 11.5 Å². The number of carbonyl (C=O) groups excluding carboxylic acids is 3. The monoisotopic (exact) mass is 409 g/mol. The van der Waals surface area contributed by atoms with Gasteiger partial charge in [0.25, 0.3) is 5.91 Å². The van der Waals surface area contributed by atoms with Gasteiger partial charge in [0.15, 0.2) is 11.5 Å². The van der Waals surface area contributed by atoms with E-state index in [1.807, 2.05) is 37.3 Å². The maximum absolute atomic E-state index is 12.7. The van der Waals surface area contributed by atoms with Gasteiger partial charge in [0.1, 0.15) is 19.3 Å². The zero-order chi connectivity index (χ0) is 21.1. The van der Waals surface area contributed by atoms with Crippen molar-refractivity contribution in [1.82, 2.24) is 10.2 Å². The molecule has 0 unspecified atom stereocenters. The first-order valence-electron chi connectivity index (χ1n) is 9.91. The van der Waals surface area contributed by atoms with Crippen molar-refractivity contribution in [3.05, 3.63) is 54.1 Å². The summed E-state index contributed by atoms with van der Waals surface area (Å²) in [5, 5.41) is 5.48. The van der Waals surface area contributed by atoms with Crippen LogP contribution in [-0.2, 0) is 9.59 Å². The summed E-state index contributed by atoms with van der Waals surface area (Å²) in [7, 11) is 0. The molecule has 0 aromatic heterocycles. The number of fused-ring (bicyclic) bond motifs is 1. The molecular formula is C22H23N3O5. The molecule has 2 aliphatic rings. The van der Waals surface area contributed by atoms with Crippen LogP contribution in [0.4, 0.5) is 10.5 Å². The lowest BCUT2D eigenvalue weighted by molar-refractivity contribution is -0.129. The number of ether oxygens (including phenoxy) is 2. The maximum Gasteiger partial charge on any atom is 0.325 e. The molecule has 4 rings (SSSR count). The van der Waals surface area contributed by atoms with Gasteiger partial charge in [-0.25, -0.2) is 4.79 Å². The van der Waals surface area contributed by atoms with Gasteiger partial charge < -0.3 is 20.1 Å². The average molecular weight is 409 g/mol. The molecule has 1 fully saturated rings. The van der Waals surface area contributed by atoms with Gasteiger partial charge in [-0.1, -0.05) is 30.3 Å². The van der Waals surface area contributed by atoms with Crippen molar-refractivity contribution in [2.24, 2.45) is 0 Å². The largest absolute Gasteiger partial charge is 0.486 e. The van der Waals surface area contributed by atoms with Crippen molar-refractivity contribution >= 4 is 23.5 Å². The summed E-state index contributed by atoms with van der Waals surface area (Å²) in [5.41, 5.74) is 1.46. The maximum atomic E-state index is 12.7. The van der Waals surface area contributed by atoms with E-state index in [-0.39, 0.29) is 30.7 Å². The van der Waals surface area contributed by atoms with Gasteiger partial charge >= 0.3 is 6.03 Å². The Morgan fingerprint density at radius 3 is 2.63 bits per heavy atom. The Morgan fingerprint density at radius 1 is 1.13 bits per heavy atom. The molecule has 0 aliphatic carbocycles. The van der Waals surface area contributed by atoms with Gasteiger partial charge in [0.2, 0.25) is 5.91 Å². The fraction of sp³-hybridized carbons (Fsp3) is 0.318. The molecule has 30 heavy (non-hydrogen) atoms. The molecule has 8 heteroatoms. The third kappa shape index (κ3) is 4.07. The fourth-order valence-electron chi connectivity index (χ4n) is 3.61. The molecule has 0 bridgehead atoms. The molecule has 2 heterocycles. The van der Waals surface area contributed by atoms with E-state index < -0.39 is 12.1 Å². The van der Waals surface area contributed by atoms with Crippen LogP contribution in [0.1, 0.15) is 31.4 Å². The zero-order valence-electron chi connectivity index (χ0n) is 16.6. The summed E-state index contributed by atoms with van der Waals surface area (Å²) in [6.45, 7) is 2.77. The van der Waals surface area contributed by atoms with Gasteiger partial charge in [0, 0.05) is 18.2 Å². The highest BCUT2D eigenvalue weighted by atomic mass is 16.6. The fourth-order valence-corrected chi connectivity index (χ4v) is 3.61. The first-order chi connectivity index (χ1) is 14.5. The van der Waals surface area contributed by atoms with Gasteiger partial charge in [-0.05, 0) is 31.0 Å². The van der Waals surface area contributed by atoms with Crippen LogP contribution in [0, 0.1) is 0 Å². The Morgan fingerprint density at radius 2 is 1.87 bits per heavy atom. The number of benzene rings is 2. The summed E-state index contributed by atoms with van der Waals surface area (Å²) < 4.78 is 11.0. The predicted octanol–water partition coefficient (Wildman–Crippen LogP) is 2.86. The lowest BCUT2D eigenvalue weighted by atomic mass is 10.1. The number of anilines is 1. The molecule has 8 nitrogen and oxygen atoms in total. The number of amides is 4. The Hall–Kier alpha value is -3.55. The summed E-state index contributed by atoms with van der Waals surface area (Å²) in [4.78, 5) is 38.7. The molecule has 2 N–H and O–H groups in total. The van der Waals surface area contributed by atoms with E-state index in [4.69, 9.17) is 9.47 Å². The van der Waals surface area contributed by atoms with Crippen molar-refractivity contribution in [2.75, 3.05) is 18.5 Å². The second-order valence-corrected chi connectivity index (χ2v) is 7.24. The van der Waals surface area contributed by atoms with Crippen molar-refractivity contribution < 1.29 is 23.9 Å². The van der Waals surface area contributed by atoms with E-state index in [1.165, 1.54) is 4.90 Å². The van der Waals surface area contributed by atoms with Crippen molar-refractivity contribution in [3.8, 4) is 11.5 Å². The Labute approximate surface area is 174 Å². The number of imide groups is 1. The van der Waals surface area contributed by atoms with E-state index in [1.54, 1.807) is 18.2 Å². The molecule has 0 spiro atoms. The smallest absolute Gasteiger partial charge is 0.325 e. The Bertz CT molecular complexity index is 963. The summed E-state index contributed by atoms with van der Waals surface area (Å²) in [6.07, 6.45) is 0.317. The van der Waals surface area contributed by atoms with E-state index in [0.29, 0.717) is 30.4 Å². The highest BCUT2D eigenvalue weighted by Gasteiger charge is 2.40. The lowest BCUT2D eigenvalue weighted by Gasteiger charge is -2.21. The lowest BCUT2D eigenvalue weighted by Crippen LogP contribution is -2.34. The molecule has 0 radical (unpaired) electrons. The van der Waals surface area contributed by atoms with E-state index in [2.05, 4.69) is 10.6 Å². The molecule has 1 saturated heterocycles. The molecule has 0 saturated carbocycles. The number of hydrogen-bond acceptors (Lipinski definition) is 5. The highest BCUT2D eigenvalue weighted by molar-refractivity contribution is 6.05. The van der Waals surface area contributed by atoms with Crippen LogP contribution < -0.4 is 20.1 Å². The third-order valence-electron chi connectivity index (χ3n) is 5.21. The second-order valence-electron chi connectivity index (χ2n) is 7.24. The van der Waals surface area contributed by atoms with Crippen LogP contribution in [0.15, 0.2) is 48.5 Å². The third-order valence-corrected chi connectivity index (χ3v) is 5.21. The summed E-state index contributed by atoms with van der Waals surface area (Å²) >= 11 is 0. The van der Waals surface area contributed by atoms with Crippen molar-refractivity contribution in [3.63, 3.8) is 0 Å². The molecule has 156 valence electrons. The quantitative estimate of drug-likeness (QED) is 0.715. The van der Waals surface area contributed by atoms with Gasteiger partial charge in [-0.3, -0.25) is 14.5 Å². The van der Waals surface area contributed by atoms with E-state index >= 15 is 0 Å². The SMILES string of the molecule is C[C@@H](c1ccccc1)N1C(=O)N[C@H](CCC(=O)Nc2ccc3c(c2)OCCO3)C1=O. The van der Waals surface area contributed by atoms with Crippen LogP contribution >= 0.6 is 0 Å². The molecule has 2 aromatic carbocycles. The van der Waals surface area contributed by atoms with Crippen LogP contribution in [0.25, 0.3) is 0 Å². The minimum Gasteiger partial charge on any atom is -0.486 e. The first kappa shape index (κ1) is 19.8. The highest BCUT2D eigenvalue weighted by Crippen LogP contribution is 2.32. The molecule has 2 aliphatic heterocycles. The van der Waals surface area contributed by atoms with Crippen LogP contribution in [0.2, 0.25) is 0 Å². The normalized spacial score (nSPS) is 18.7. The van der Waals surface area contributed by atoms with Gasteiger partial charge in [-0.15, -0.1) is 0 Å². The standard InChI is InChI=1S/C22H23N3O5/c1-14(15-5-3-2-4-6-15)25-21(27)17(24-22(25)28)8-10-20(26)23-16-7-9-18-19(13-16)30-12-11-29-18/h2-7,9,13-14,17H,8,10-12H2,1H3,(H,23,26)(H,24,28)/t14-,17+/m0/s1. The number of carbonyl (C=O) groups is 3. The minimum atomic E-state index is -0.713. The zero-order valence-corrected chi connectivity index (χ0v) is 16.6. The van der Waals surface area contributed by atoms with Crippen LogP contribution in [-0.4, -0.2) is 42.0 Å². The summed E-state index contributed by atoms with van der Waals surface area (Å²) in [5.74, 6) is 0.667. The number of nitrogens with one attached hydrogen (secondary N) is 2. The predicted molar refractivity (Wildman–Crippen MR) is 109 cm³/mol. The topological polar surface area (TPSA) is 97.0 Å². The molecule has 2 aromatic rings. The van der Waals surface area contributed by atoms with Crippen LogP contribution in [0.3, 0.4) is 0 Å². The Balaban J connectivity index is 1.33. The Kier molecular flexibility index (Phi) is 5.56. The van der Waals surface area contributed by atoms with Gasteiger partial charge in [-0.2, -0.15) is 0 Å². The van der Waals surface area contributed by atoms with Crippen molar-refractivity contribution in [2.45, 2.75) is 31.8 Å². The van der Waals surface area contributed by atoms with E-state index in [9.17, 15) is 14.4 Å². The number of urea groups is 1. The molecule has 2 atom stereocenters. The average Bonchev–Trinajstić information content (AvgIpc) is 3.05. The molecule has 4 amide bonds. The number of nitrogens with zero attached hydrogens (tertiary/aromatic N) is 1.